The fourth-order valence-electron chi connectivity index (χ4n) is 2.08. The van der Waals surface area contributed by atoms with Crippen LogP contribution in [0.15, 0.2) is 59.7 Å². The highest BCUT2D eigenvalue weighted by atomic mass is 16.5. The molecule has 5 nitrogen and oxygen atoms in total. The van der Waals surface area contributed by atoms with Crippen LogP contribution in [-0.4, -0.2) is 18.9 Å². The lowest BCUT2D eigenvalue weighted by Crippen LogP contribution is -2.26. The van der Waals surface area contributed by atoms with E-state index < -0.39 is 6.03 Å². The number of methoxy groups -OCH3 is 1. The Morgan fingerprint density at radius 3 is 2.41 bits per heavy atom. The number of carbonyl (C=O) groups excluding carboxylic acids is 1. The summed E-state index contributed by atoms with van der Waals surface area (Å²) in [5, 5.41) is 4.12. The Hall–Kier alpha value is -2.82. The first kappa shape index (κ1) is 15.6. The zero-order valence-corrected chi connectivity index (χ0v) is 12.5. The topological polar surface area (TPSA) is 76.7 Å². The summed E-state index contributed by atoms with van der Waals surface area (Å²) in [6.45, 7) is 0. The van der Waals surface area contributed by atoms with Gasteiger partial charge in [0.2, 0.25) is 0 Å². The molecule has 0 aliphatic rings. The van der Waals surface area contributed by atoms with Crippen molar-refractivity contribution in [3.05, 3.63) is 65.7 Å². The van der Waals surface area contributed by atoms with Gasteiger partial charge in [-0.15, -0.1) is 0 Å². The second kappa shape index (κ2) is 7.83. The lowest BCUT2D eigenvalue weighted by atomic mass is 10.0. The van der Waals surface area contributed by atoms with Crippen molar-refractivity contribution < 1.29 is 9.53 Å². The Morgan fingerprint density at radius 1 is 1.14 bits per heavy atom. The molecule has 0 saturated heterocycles. The fourth-order valence-corrected chi connectivity index (χ4v) is 2.08. The number of urea groups is 1. The molecule has 0 atom stereocenters. The van der Waals surface area contributed by atoms with Gasteiger partial charge in [-0.25, -0.2) is 10.2 Å². The van der Waals surface area contributed by atoms with Gasteiger partial charge in [-0.3, -0.25) is 0 Å². The van der Waals surface area contributed by atoms with Crippen LogP contribution in [0.3, 0.4) is 0 Å². The predicted octanol–water partition coefficient (Wildman–Crippen LogP) is 2.70. The molecule has 3 N–H and O–H groups in total. The lowest BCUT2D eigenvalue weighted by Gasteiger charge is -2.08. The molecule has 0 saturated carbocycles. The summed E-state index contributed by atoms with van der Waals surface area (Å²) in [6, 6.07) is 17.0. The molecule has 0 fully saturated rings. The average Bonchev–Trinajstić information content (AvgIpc) is 2.56. The van der Waals surface area contributed by atoms with E-state index in [2.05, 4.69) is 22.7 Å². The number of primary amides is 1. The minimum Gasteiger partial charge on any atom is -0.497 e. The van der Waals surface area contributed by atoms with Gasteiger partial charge in [0.1, 0.15) is 5.75 Å². The van der Waals surface area contributed by atoms with Gasteiger partial charge in [0, 0.05) is 0 Å². The van der Waals surface area contributed by atoms with E-state index in [1.807, 2.05) is 42.5 Å². The van der Waals surface area contributed by atoms with Crippen LogP contribution in [0, 0.1) is 0 Å². The van der Waals surface area contributed by atoms with Crippen molar-refractivity contribution in [3.8, 4) is 5.75 Å². The number of ether oxygens (including phenoxy) is 1. The Balaban J connectivity index is 2.14. The third-order valence-electron chi connectivity index (χ3n) is 3.22. The zero-order valence-electron chi connectivity index (χ0n) is 12.5. The van der Waals surface area contributed by atoms with Crippen molar-refractivity contribution in [2.45, 2.75) is 12.8 Å². The molecule has 114 valence electrons. The van der Waals surface area contributed by atoms with E-state index in [-0.39, 0.29) is 0 Å². The SMILES string of the molecule is COc1ccc(/C(CCc2ccccc2)=N\NC(N)=O)cc1. The molecule has 0 bridgehead atoms. The second-order valence-electron chi connectivity index (χ2n) is 4.75. The molecular weight excluding hydrogens is 278 g/mol. The molecule has 2 aromatic carbocycles. The quantitative estimate of drug-likeness (QED) is 0.635. The van der Waals surface area contributed by atoms with Gasteiger partial charge >= 0.3 is 6.03 Å². The molecule has 0 spiro atoms. The number of aryl methyl sites for hydroxylation is 1. The lowest BCUT2D eigenvalue weighted by molar-refractivity contribution is 0.249. The first-order valence-electron chi connectivity index (χ1n) is 6.99. The van der Waals surface area contributed by atoms with Crippen molar-refractivity contribution in [3.63, 3.8) is 0 Å². The zero-order chi connectivity index (χ0) is 15.8. The maximum absolute atomic E-state index is 10.9. The van der Waals surface area contributed by atoms with Gasteiger partial charge in [-0.2, -0.15) is 5.10 Å². The van der Waals surface area contributed by atoms with Crippen LogP contribution in [0.2, 0.25) is 0 Å². The van der Waals surface area contributed by atoms with Gasteiger partial charge in [0.05, 0.1) is 12.8 Å². The summed E-state index contributed by atoms with van der Waals surface area (Å²) in [6.07, 6.45) is 1.52. The molecule has 0 aromatic heterocycles. The number of hydrogen-bond acceptors (Lipinski definition) is 3. The molecule has 0 unspecified atom stereocenters. The molecule has 0 heterocycles. The van der Waals surface area contributed by atoms with E-state index in [9.17, 15) is 4.79 Å². The summed E-state index contributed by atoms with van der Waals surface area (Å²) in [5.74, 6) is 0.772. The standard InChI is InChI=1S/C17H19N3O2/c1-22-15-10-8-14(9-11-15)16(19-20-17(18)21)12-7-13-5-3-2-4-6-13/h2-6,8-11H,7,12H2,1H3,(H3,18,20,21)/b19-16-. The van der Waals surface area contributed by atoms with Gasteiger partial charge in [-0.1, -0.05) is 30.3 Å². The summed E-state index contributed by atoms with van der Waals surface area (Å²) in [4.78, 5) is 10.9. The van der Waals surface area contributed by atoms with Crippen molar-refractivity contribution in [2.24, 2.45) is 10.8 Å². The third-order valence-corrected chi connectivity index (χ3v) is 3.22. The molecule has 2 rings (SSSR count). The highest BCUT2D eigenvalue weighted by Crippen LogP contribution is 2.14. The molecule has 5 heteroatoms. The monoisotopic (exact) mass is 297 g/mol. The van der Waals surface area contributed by atoms with Crippen LogP contribution in [0.4, 0.5) is 4.79 Å². The number of benzene rings is 2. The van der Waals surface area contributed by atoms with Crippen molar-refractivity contribution in [1.29, 1.82) is 0 Å². The number of nitrogens with one attached hydrogen (secondary N) is 1. The van der Waals surface area contributed by atoms with E-state index in [1.54, 1.807) is 7.11 Å². The van der Waals surface area contributed by atoms with Gasteiger partial charge in [-0.05, 0) is 48.2 Å². The molecule has 0 radical (unpaired) electrons. The van der Waals surface area contributed by atoms with Crippen molar-refractivity contribution in [2.75, 3.05) is 7.11 Å². The molecule has 0 aliphatic carbocycles. The third kappa shape index (κ3) is 4.63. The molecule has 2 amide bonds. The van der Waals surface area contributed by atoms with Crippen LogP contribution in [0.5, 0.6) is 5.75 Å². The smallest absolute Gasteiger partial charge is 0.332 e. The van der Waals surface area contributed by atoms with Gasteiger partial charge in [0.15, 0.2) is 0 Å². The molecule has 2 aromatic rings. The first-order valence-corrected chi connectivity index (χ1v) is 6.99. The number of hydrazone groups is 1. The summed E-state index contributed by atoms with van der Waals surface area (Å²) >= 11 is 0. The number of hydrogen-bond donors (Lipinski definition) is 2. The molecule has 22 heavy (non-hydrogen) atoms. The van der Waals surface area contributed by atoms with Crippen LogP contribution in [-0.2, 0) is 6.42 Å². The second-order valence-corrected chi connectivity index (χ2v) is 4.75. The summed E-state index contributed by atoms with van der Waals surface area (Å²) in [7, 11) is 1.62. The van der Waals surface area contributed by atoms with E-state index in [0.717, 1.165) is 23.4 Å². The average molecular weight is 297 g/mol. The van der Waals surface area contributed by atoms with Crippen LogP contribution < -0.4 is 15.9 Å². The van der Waals surface area contributed by atoms with E-state index in [4.69, 9.17) is 10.5 Å². The van der Waals surface area contributed by atoms with Crippen LogP contribution >= 0.6 is 0 Å². The minimum atomic E-state index is -0.675. The Kier molecular flexibility index (Phi) is 5.54. The maximum Gasteiger partial charge on any atom is 0.332 e. The highest BCUT2D eigenvalue weighted by molar-refractivity contribution is 6.01. The Labute approximate surface area is 129 Å². The van der Waals surface area contributed by atoms with Crippen LogP contribution in [0.25, 0.3) is 0 Å². The minimum absolute atomic E-state index is 0.675. The summed E-state index contributed by atoms with van der Waals surface area (Å²) < 4.78 is 5.15. The number of amides is 2. The number of rotatable bonds is 6. The largest absolute Gasteiger partial charge is 0.497 e. The molecule has 0 aliphatic heterocycles. The Morgan fingerprint density at radius 2 is 1.82 bits per heavy atom. The molecular formula is C17H19N3O2. The predicted molar refractivity (Wildman–Crippen MR) is 87.0 cm³/mol. The van der Waals surface area contributed by atoms with E-state index in [1.165, 1.54) is 5.56 Å². The number of nitrogens with two attached hydrogens (primary N) is 1. The van der Waals surface area contributed by atoms with Crippen LogP contribution in [0.1, 0.15) is 17.5 Å². The van der Waals surface area contributed by atoms with Gasteiger partial charge < -0.3 is 10.5 Å². The first-order chi connectivity index (χ1) is 10.7. The highest BCUT2D eigenvalue weighted by Gasteiger charge is 2.06. The fraction of sp³-hybridized carbons (Fsp3) is 0.176. The number of nitrogens with zero attached hydrogens (tertiary/aromatic N) is 1. The van der Waals surface area contributed by atoms with Crippen molar-refractivity contribution in [1.82, 2.24) is 5.43 Å². The maximum atomic E-state index is 10.9. The Bertz CT molecular complexity index is 637. The number of carbonyl (C=O) groups is 1. The normalized spacial score (nSPS) is 11.0. The van der Waals surface area contributed by atoms with Crippen molar-refractivity contribution >= 4 is 11.7 Å². The summed E-state index contributed by atoms with van der Waals surface area (Å²) in [5.41, 5.74) is 10.3. The van der Waals surface area contributed by atoms with E-state index in [0.29, 0.717) is 6.42 Å². The van der Waals surface area contributed by atoms with Gasteiger partial charge in [0.25, 0.3) is 0 Å². The van der Waals surface area contributed by atoms with E-state index >= 15 is 0 Å².